The van der Waals surface area contributed by atoms with Gasteiger partial charge in [-0.05, 0) is 25.7 Å². The van der Waals surface area contributed by atoms with Crippen molar-refractivity contribution in [2.24, 2.45) is 0 Å². The zero-order valence-corrected chi connectivity index (χ0v) is 19.9. The fraction of sp³-hybridized carbons (Fsp3) is 0.455. The van der Waals surface area contributed by atoms with E-state index in [1.54, 1.807) is 14.1 Å². The van der Waals surface area contributed by atoms with E-state index < -0.39 is 0 Å². The third kappa shape index (κ3) is 19.8. The summed E-state index contributed by atoms with van der Waals surface area (Å²) in [5, 5.41) is 7.94. The van der Waals surface area contributed by atoms with Gasteiger partial charge >= 0.3 is 26.2 Å². The van der Waals surface area contributed by atoms with Crippen molar-refractivity contribution >= 4 is 11.4 Å². The minimum atomic E-state index is 0. The number of ether oxygens (including phenoxy) is 2. The van der Waals surface area contributed by atoms with Gasteiger partial charge < -0.3 is 29.5 Å². The third-order valence-corrected chi connectivity index (χ3v) is 3.68. The molecule has 0 atom stereocenters. The van der Waals surface area contributed by atoms with Crippen molar-refractivity contribution in [1.29, 1.82) is 0 Å². The Morgan fingerprint density at radius 2 is 0.828 bits per heavy atom. The van der Waals surface area contributed by atoms with Crippen LogP contribution in [0.2, 0.25) is 0 Å². The number of halogens is 2. The predicted molar refractivity (Wildman–Crippen MR) is 111 cm³/mol. The number of nitrogens with zero attached hydrogens (tertiary/aromatic N) is 2. The molecule has 4 nitrogen and oxygen atoms in total. The maximum atomic E-state index is 4.94. The van der Waals surface area contributed by atoms with Gasteiger partial charge in [-0.2, -0.15) is 0 Å². The molecule has 2 fully saturated rings. The van der Waals surface area contributed by atoms with Crippen LogP contribution in [0.5, 0.6) is 0 Å². The fourth-order valence-electron chi connectivity index (χ4n) is 2.17. The van der Waals surface area contributed by atoms with Crippen LogP contribution in [0.1, 0.15) is 25.7 Å². The van der Waals surface area contributed by atoms with E-state index in [0.717, 1.165) is 37.8 Å². The summed E-state index contributed by atoms with van der Waals surface area (Å²) in [6.07, 6.45) is 5.11. The van der Waals surface area contributed by atoms with Crippen molar-refractivity contribution in [2.75, 3.05) is 40.5 Å². The zero-order valence-electron chi connectivity index (χ0n) is 17.4. The zero-order chi connectivity index (χ0) is 18.7. The van der Waals surface area contributed by atoms with Gasteiger partial charge in [-0.15, -0.1) is 25.5 Å². The molecule has 2 aromatic carbocycles. The molecular formula is C22H32F2N2O2Zr. The largest absolute Gasteiger partial charge is 4.00 e. The van der Waals surface area contributed by atoms with Gasteiger partial charge in [0.25, 0.3) is 0 Å². The number of benzene rings is 2. The number of hydrogen-bond acceptors (Lipinski definition) is 2. The Labute approximate surface area is 193 Å². The minimum absolute atomic E-state index is 0. The van der Waals surface area contributed by atoms with Crippen molar-refractivity contribution in [1.82, 2.24) is 0 Å². The molecule has 0 N–H and O–H groups in total. The average molecular weight is 486 g/mol. The second-order valence-corrected chi connectivity index (χ2v) is 5.76. The molecule has 0 radical (unpaired) electrons. The van der Waals surface area contributed by atoms with Crippen molar-refractivity contribution in [3.63, 3.8) is 0 Å². The molecule has 2 heterocycles. The van der Waals surface area contributed by atoms with Gasteiger partial charge in [0.1, 0.15) is 0 Å². The molecule has 160 valence electrons. The molecule has 7 heteroatoms. The summed E-state index contributed by atoms with van der Waals surface area (Å²) in [6.45, 7) is 4.00. The minimum Gasteiger partial charge on any atom is -1.00 e. The van der Waals surface area contributed by atoms with Crippen molar-refractivity contribution in [2.45, 2.75) is 25.7 Å². The molecule has 0 spiro atoms. The summed E-state index contributed by atoms with van der Waals surface area (Å²) in [5.74, 6) is 0. The number of rotatable bonds is 2. The molecule has 29 heavy (non-hydrogen) atoms. The Bertz CT molecular complexity index is 464. The molecule has 0 saturated carbocycles. The summed E-state index contributed by atoms with van der Waals surface area (Å²) < 4.78 is 9.89. The van der Waals surface area contributed by atoms with Gasteiger partial charge in [-0.3, -0.25) is 0 Å². The van der Waals surface area contributed by atoms with Gasteiger partial charge in [0.15, 0.2) is 0 Å². The molecule has 4 rings (SSSR count). The summed E-state index contributed by atoms with van der Waals surface area (Å²) in [7, 11) is 3.57. The smallest absolute Gasteiger partial charge is 1.00 e. The average Bonchev–Trinajstić information content (AvgIpc) is 3.48. The Hall–Kier alpha value is -1.30. The maximum absolute atomic E-state index is 4.94. The van der Waals surface area contributed by atoms with E-state index in [4.69, 9.17) is 9.47 Å². The van der Waals surface area contributed by atoms with E-state index in [-0.39, 0.29) is 35.6 Å². The van der Waals surface area contributed by atoms with E-state index in [1.165, 1.54) is 25.7 Å². The van der Waals surface area contributed by atoms with Crippen LogP contribution in [0.4, 0.5) is 11.4 Å². The van der Waals surface area contributed by atoms with Crippen molar-refractivity contribution in [3.8, 4) is 0 Å². The molecule has 0 bridgehead atoms. The standard InChI is InChI=1S/2C7H8N.2C4H8O.2FH.Zr/c2*1-8-7-5-3-2-4-6-7;2*1-2-4-5-3-1;;;/h2*2-6H,1H3;2*1-4H2;2*1H;/q2*-1;;;;;+4/p-2. The van der Waals surface area contributed by atoms with Crippen LogP contribution in [-0.2, 0) is 35.7 Å². The van der Waals surface area contributed by atoms with Crippen molar-refractivity contribution < 1.29 is 45.1 Å². The van der Waals surface area contributed by atoms with Crippen LogP contribution in [0, 0.1) is 0 Å². The maximum Gasteiger partial charge on any atom is 4.00 e. The Balaban J connectivity index is -0.000000306. The van der Waals surface area contributed by atoms with Crippen LogP contribution >= 0.6 is 0 Å². The quantitative estimate of drug-likeness (QED) is 0.612. The van der Waals surface area contributed by atoms with E-state index in [1.807, 2.05) is 60.7 Å². The SMILES string of the molecule is C1CCOC1.C1CCOC1.C[N-]c1ccccc1.C[N-]c1ccccc1.[F-].[F-].[Zr+4]. The summed E-state index contributed by atoms with van der Waals surface area (Å²) >= 11 is 0. The molecule has 0 aliphatic carbocycles. The van der Waals surface area contributed by atoms with Crippen LogP contribution in [0.3, 0.4) is 0 Å². The van der Waals surface area contributed by atoms with E-state index in [0.29, 0.717) is 0 Å². The van der Waals surface area contributed by atoms with Crippen LogP contribution in [-0.4, -0.2) is 40.5 Å². The number of hydrogen-bond donors (Lipinski definition) is 0. The summed E-state index contributed by atoms with van der Waals surface area (Å²) in [4.78, 5) is 0. The first-order chi connectivity index (χ1) is 12.9. The normalized spacial score (nSPS) is 13.0. The molecule has 2 aliphatic rings. The van der Waals surface area contributed by atoms with Gasteiger partial charge in [-0.25, -0.2) is 0 Å². The molecule has 0 aromatic heterocycles. The van der Waals surface area contributed by atoms with Gasteiger partial charge in [0, 0.05) is 26.4 Å². The van der Waals surface area contributed by atoms with E-state index >= 15 is 0 Å². The van der Waals surface area contributed by atoms with Crippen LogP contribution in [0.15, 0.2) is 60.7 Å². The second-order valence-electron chi connectivity index (χ2n) is 5.76. The van der Waals surface area contributed by atoms with Gasteiger partial charge in [0.2, 0.25) is 0 Å². The van der Waals surface area contributed by atoms with E-state index in [9.17, 15) is 0 Å². The molecular weight excluding hydrogens is 453 g/mol. The van der Waals surface area contributed by atoms with Crippen LogP contribution in [0.25, 0.3) is 10.6 Å². The Kier molecular flexibility index (Phi) is 27.6. The molecule has 0 unspecified atom stereocenters. The monoisotopic (exact) mass is 484 g/mol. The molecule has 2 saturated heterocycles. The third-order valence-electron chi connectivity index (χ3n) is 3.68. The summed E-state index contributed by atoms with van der Waals surface area (Å²) in [6, 6.07) is 19.7. The second kappa shape index (κ2) is 24.7. The molecule has 0 amide bonds. The molecule has 2 aliphatic heterocycles. The first kappa shape index (κ1) is 32.4. The summed E-state index contributed by atoms with van der Waals surface area (Å²) in [5.41, 5.74) is 2.07. The number of para-hydroxylation sites is 2. The van der Waals surface area contributed by atoms with Crippen LogP contribution < -0.4 is 9.41 Å². The Morgan fingerprint density at radius 1 is 0.552 bits per heavy atom. The Morgan fingerprint density at radius 3 is 0.966 bits per heavy atom. The van der Waals surface area contributed by atoms with E-state index in [2.05, 4.69) is 10.6 Å². The van der Waals surface area contributed by atoms with Gasteiger partial charge in [0.05, 0.1) is 0 Å². The fourth-order valence-corrected chi connectivity index (χ4v) is 2.17. The predicted octanol–water partition coefficient (Wildman–Crippen LogP) is 0.242. The molecule has 2 aromatic rings. The topological polar surface area (TPSA) is 46.7 Å². The first-order valence-electron chi connectivity index (χ1n) is 9.32. The van der Waals surface area contributed by atoms with Crippen molar-refractivity contribution in [3.05, 3.63) is 71.3 Å². The van der Waals surface area contributed by atoms with Gasteiger partial charge in [-0.1, -0.05) is 60.7 Å². The first-order valence-corrected chi connectivity index (χ1v) is 9.32.